The predicted molar refractivity (Wildman–Crippen MR) is 93.8 cm³/mol. The predicted octanol–water partition coefficient (Wildman–Crippen LogP) is 3.41. The first-order chi connectivity index (χ1) is 11.2. The fourth-order valence-corrected chi connectivity index (χ4v) is 3.68. The molecular formula is C18H24N2O2S. The van der Waals surface area contributed by atoms with Crippen molar-refractivity contribution in [2.75, 3.05) is 19.7 Å². The number of aliphatic hydroxyl groups is 1. The Morgan fingerprint density at radius 3 is 2.83 bits per heavy atom. The van der Waals surface area contributed by atoms with Gasteiger partial charge in [0.1, 0.15) is 10.8 Å². The molecule has 1 aromatic heterocycles. The summed E-state index contributed by atoms with van der Waals surface area (Å²) in [5, 5.41) is 13.2. The maximum absolute atomic E-state index is 10.0. The van der Waals surface area contributed by atoms with Gasteiger partial charge in [0.15, 0.2) is 0 Å². The molecule has 0 bridgehead atoms. The van der Waals surface area contributed by atoms with Crippen molar-refractivity contribution in [2.45, 2.75) is 32.9 Å². The number of piperidine rings is 1. The number of hydrogen-bond donors (Lipinski definition) is 1. The molecule has 2 atom stereocenters. The fourth-order valence-electron chi connectivity index (χ4n) is 2.86. The van der Waals surface area contributed by atoms with E-state index in [1.807, 2.05) is 19.1 Å². The lowest BCUT2D eigenvalue weighted by molar-refractivity contribution is 0.0255. The van der Waals surface area contributed by atoms with Crippen molar-refractivity contribution in [3.63, 3.8) is 0 Å². The number of ether oxygens (including phenoxy) is 1. The quantitative estimate of drug-likeness (QED) is 0.911. The van der Waals surface area contributed by atoms with Gasteiger partial charge in [-0.1, -0.05) is 6.92 Å². The minimum atomic E-state index is -0.215. The van der Waals surface area contributed by atoms with Crippen LogP contribution in [0.3, 0.4) is 0 Å². The molecule has 23 heavy (non-hydrogen) atoms. The first-order valence-electron chi connectivity index (χ1n) is 8.23. The Hall–Kier alpha value is -1.43. The standard InChI is InChI=1S/C18H24N2O2S/c1-3-22-16-6-4-14(5-7-16)18-19-15(12-23-18)10-20-9-8-13(2)17(21)11-20/h4-7,12-13,17,21H,3,8-11H2,1-2H3. The van der Waals surface area contributed by atoms with Crippen LogP contribution in [0, 0.1) is 5.92 Å². The molecule has 0 radical (unpaired) electrons. The summed E-state index contributed by atoms with van der Waals surface area (Å²) in [6.07, 6.45) is 0.838. The first kappa shape index (κ1) is 16.4. The van der Waals surface area contributed by atoms with Gasteiger partial charge in [-0.05, 0) is 50.1 Å². The molecule has 1 aliphatic rings. The molecule has 0 aliphatic carbocycles. The normalized spacial score (nSPS) is 22.2. The molecule has 3 rings (SSSR count). The maximum atomic E-state index is 10.0. The number of benzene rings is 1. The van der Waals surface area contributed by atoms with E-state index in [0.717, 1.165) is 48.1 Å². The van der Waals surface area contributed by atoms with Crippen LogP contribution in [0.1, 0.15) is 26.0 Å². The molecule has 0 spiro atoms. The van der Waals surface area contributed by atoms with Crippen molar-refractivity contribution in [2.24, 2.45) is 5.92 Å². The Morgan fingerprint density at radius 1 is 1.35 bits per heavy atom. The molecule has 2 aromatic rings. The smallest absolute Gasteiger partial charge is 0.123 e. The largest absolute Gasteiger partial charge is 0.494 e. The highest BCUT2D eigenvalue weighted by Crippen LogP contribution is 2.27. The maximum Gasteiger partial charge on any atom is 0.123 e. The number of aromatic nitrogens is 1. The zero-order valence-corrected chi connectivity index (χ0v) is 14.6. The Morgan fingerprint density at radius 2 is 2.13 bits per heavy atom. The SMILES string of the molecule is CCOc1ccc(-c2nc(CN3CCC(C)C(O)C3)cs2)cc1. The Balaban J connectivity index is 1.63. The summed E-state index contributed by atoms with van der Waals surface area (Å²) >= 11 is 1.67. The van der Waals surface area contributed by atoms with Crippen molar-refractivity contribution in [3.8, 4) is 16.3 Å². The molecule has 0 saturated carbocycles. The summed E-state index contributed by atoms with van der Waals surface area (Å²) in [6, 6.07) is 8.09. The zero-order valence-electron chi connectivity index (χ0n) is 13.7. The van der Waals surface area contributed by atoms with Gasteiger partial charge >= 0.3 is 0 Å². The van der Waals surface area contributed by atoms with Crippen LogP contribution >= 0.6 is 11.3 Å². The van der Waals surface area contributed by atoms with E-state index in [9.17, 15) is 5.11 Å². The third-order valence-electron chi connectivity index (χ3n) is 4.35. The van der Waals surface area contributed by atoms with Crippen LogP contribution in [-0.2, 0) is 6.54 Å². The second kappa shape index (κ2) is 7.43. The van der Waals surface area contributed by atoms with Crippen LogP contribution in [0.25, 0.3) is 10.6 Å². The highest BCUT2D eigenvalue weighted by atomic mass is 32.1. The Bertz CT molecular complexity index is 626. The van der Waals surface area contributed by atoms with E-state index in [1.54, 1.807) is 11.3 Å². The second-order valence-corrected chi connectivity index (χ2v) is 7.03. The first-order valence-corrected chi connectivity index (χ1v) is 9.11. The molecule has 5 heteroatoms. The number of thiazole rings is 1. The van der Waals surface area contributed by atoms with Crippen molar-refractivity contribution >= 4 is 11.3 Å². The van der Waals surface area contributed by atoms with Gasteiger partial charge < -0.3 is 9.84 Å². The van der Waals surface area contributed by atoms with E-state index >= 15 is 0 Å². The van der Waals surface area contributed by atoms with Gasteiger partial charge in [-0.3, -0.25) is 4.90 Å². The lowest BCUT2D eigenvalue weighted by Gasteiger charge is -2.33. The number of hydrogen-bond acceptors (Lipinski definition) is 5. The van der Waals surface area contributed by atoms with Gasteiger partial charge in [0.2, 0.25) is 0 Å². The summed E-state index contributed by atoms with van der Waals surface area (Å²) in [7, 11) is 0. The summed E-state index contributed by atoms with van der Waals surface area (Å²) in [5.41, 5.74) is 2.21. The third kappa shape index (κ3) is 4.10. The van der Waals surface area contributed by atoms with E-state index < -0.39 is 0 Å². The highest BCUT2D eigenvalue weighted by molar-refractivity contribution is 7.13. The molecular weight excluding hydrogens is 308 g/mol. The monoisotopic (exact) mass is 332 g/mol. The highest BCUT2D eigenvalue weighted by Gasteiger charge is 2.24. The molecule has 4 nitrogen and oxygen atoms in total. The fraction of sp³-hybridized carbons (Fsp3) is 0.500. The molecule has 0 amide bonds. The average Bonchev–Trinajstić information content (AvgIpc) is 3.00. The molecule has 1 saturated heterocycles. The average molecular weight is 332 g/mol. The summed E-state index contributed by atoms with van der Waals surface area (Å²) in [4.78, 5) is 7.04. The summed E-state index contributed by atoms with van der Waals surface area (Å²) in [6.45, 7) is 7.39. The topological polar surface area (TPSA) is 45.6 Å². The Kier molecular flexibility index (Phi) is 5.30. The number of aliphatic hydroxyl groups excluding tert-OH is 1. The Labute approximate surface area is 141 Å². The van der Waals surface area contributed by atoms with Gasteiger partial charge in [0, 0.05) is 24.0 Å². The van der Waals surface area contributed by atoms with Gasteiger partial charge in [0.25, 0.3) is 0 Å². The number of β-amino-alcohol motifs (C(OH)–C–C–N with tert-alkyl or cyclic N) is 1. The van der Waals surface area contributed by atoms with Crippen LogP contribution in [0.2, 0.25) is 0 Å². The molecule has 1 aliphatic heterocycles. The van der Waals surface area contributed by atoms with Crippen molar-refractivity contribution < 1.29 is 9.84 Å². The molecule has 1 fully saturated rings. The van der Waals surface area contributed by atoms with Crippen molar-refractivity contribution in [1.82, 2.24) is 9.88 Å². The number of likely N-dealkylation sites (tertiary alicyclic amines) is 1. The lowest BCUT2D eigenvalue weighted by Crippen LogP contribution is -2.42. The van der Waals surface area contributed by atoms with Crippen LogP contribution < -0.4 is 4.74 Å². The van der Waals surface area contributed by atoms with E-state index in [-0.39, 0.29) is 6.10 Å². The molecule has 2 heterocycles. The lowest BCUT2D eigenvalue weighted by atomic mass is 9.96. The molecule has 1 N–H and O–H groups in total. The van der Waals surface area contributed by atoms with E-state index in [1.165, 1.54) is 0 Å². The molecule has 2 unspecified atom stereocenters. The minimum absolute atomic E-state index is 0.215. The van der Waals surface area contributed by atoms with E-state index in [2.05, 4.69) is 29.3 Å². The molecule has 124 valence electrons. The van der Waals surface area contributed by atoms with Crippen molar-refractivity contribution in [3.05, 3.63) is 35.3 Å². The number of nitrogens with zero attached hydrogens (tertiary/aromatic N) is 2. The van der Waals surface area contributed by atoms with E-state index in [4.69, 9.17) is 9.72 Å². The van der Waals surface area contributed by atoms with Gasteiger partial charge in [-0.25, -0.2) is 4.98 Å². The van der Waals surface area contributed by atoms with Crippen LogP contribution in [0.4, 0.5) is 0 Å². The van der Waals surface area contributed by atoms with Crippen LogP contribution in [0.15, 0.2) is 29.6 Å². The summed E-state index contributed by atoms with van der Waals surface area (Å²) in [5.74, 6) is 1.30. The number of rotatable bonds is 5. The van der Waals surface area contributed by atoms with Gasteiger partial charge in [-0.2, -0.15) is 0 Å². The van der Waals surface area contributed by atoms with Crippen LogP contribution in [-0.4, -0.2) is 40.8 Å². The van der Waals surface area contributed by atoms with Crippen molar-refractivity contribution in [1.29, 1.82) is 0 Å². The van der Waals surface area contributed by atoms with Gasteiger partial charge in [0.05, 0.1) is 18.4 Å². The third-order valence-corrected chi connectivity index (χ3v) is 5.29. The zero-order chi connectivity index (χ0) is 16.2. The minimum Gasteiger partial charge on any atom is -0.494 e. The van der Waals surface area contributed by atoms with Gasteiger partial charge in [-0.15, -0.1) is 11.3 Å². The van der Waals surface area contributed by atoms with Crippen LogP contribution in [0.5, 0.6) is 5.75 Å². The molecule has 1 aromatic carbocycles. The summed E-state index contributed by atoms with van der Waals surface area (Å²) < 4.78 is 5.47. The second-order valence-electron chi connectivity index (χ2n) is 6.17. The van der Waals surface area contributed by atoms with E-state index in [0.29, 0.717) is 12.5 Å².